The van der Waals surface area contributed by atoms with Crippen LogP contribution in [0.25, 0.3) is 0 Å². The standard InChI is InChI=1S/C15H26O4/c1-13(17)15(2,3)19-14(18)11-9-7-5-4-6-8-10-12-16/h12H,4-11H2,1-3H3. The molecular formula is C15H26O4. The summed E-state index contributed by atoms with van der Waals surface area (Å²) in [6.07, 6.45) is 7.93. The van der Waals surface area contributed by atoms with Gasteiger partial charge in [0.05, 0.1) is 0 Å². The molecule has 0 aliphatic rings. The van der Waals surface area contributed by atoms with Gasteiger partial charge in [0.1, 0.15) is 6.29 Å². The summed E-state index contributed by atoms with van der Waals surface area (Å²) in [5.74, 6) is -0.447. The Hall–Kier alpha value is -1.19. The molecule has 0 aliphatic heterocycles. The predicted molar refractivity (Wildman–Crippen MR) is 73.9 cm³/mol. The summed E-state index contributed by atoms with van der Waals surface area (Å²) in [5, 5.41) is 0. The van der Waals surface area contributed by atoms with Crippen LogP contribution in [0, 0.1) is 0 Å². The van der Waals surface area contributed by atoms with Gasteiger partial charge >= 0.3 is 5.97 Å². The highest BCUT2D eigenvalue weighted by molar-refractivity contribution is 5.86. The van der Waals surface area contributed by atoms with Crippen molar-refractivity contribution in [1.29, 1.82) is 0 Å². The van der Waals surface area contributed by atoms with Crippen molar-refractivity contribution in [3.05, 3.63) is 0 Å². The molecule has 0 atom stereocenters. The van der Waals surface area contributed by atoms with Crippen LogP contribution >= 0.6 is 0 Å². The third kappa shape index (κ3) is 9.40. The molecule has 19 heavy (non-hydrogen) atoms. The molecule has 4 nitrogen and oxygen atoms in total. The van der Waals surface area contributed by atoms with Gasteiger partial charge in [-0.05, 0) is 33.6 Å². The van der Waals surface area contributed by atoms with Gasteiger partial charge in [-0.2, -0.15) is 0 Å². The third-order valence-corrected chi connectivity index (χ3v) is 3.17. The highest BCUT2D eigenvalue weighted by Gasteiger charge is 2.27. The Bertz CT molecular complexity index is 295. The van der Waals surface area contributed by atoms with Crippen LogP contribution in [-0.4, -0.2) is 23.6 Å². The van der Waals surface area contributed by atoms with Crippen LogP contribution in [0.4, 0.5) is 0 Å². The Morgan fingerprint density at radius 3 is 2.05 bits per heavy atom. The molecule has 0 aromatic rings. The minimum atomic E-state index is -1.01. The number of rotatable bonds is 11. The monoisotopic (exact) mass is 270 g/mol. The second-order valence-electron chi connectivity index (χ2n) is 5.37. The lowest BCUT2D eigenvalue weighted by atomic mass is 10.1. The van der Waals surface area contributed by atoms with Gasteiger partial charge in [-0.15, -0.1) is 0 Å². The molecule has 0 unspecified atom stereocenters. The maximum atomic E-state index is 11.5. The van der Waals surface area contributed by atoms with E-state index in [1.165, 1.54) is 6.92 Å². The second kappa shape index (κ2) is 9.70. The smallest absolute Gasteiger partial charge is 0.306 e. The first-order valence-electron chi connectivity index (χ1n) is 7.06. The molecule has 0 aromatic carbocycles. The van der Waals surface area contributed by atoms with E-state index in [0.29, 0.717) is 12.8 Å². The Balaban J connectivity index is 3.54. The molecule has 0 heterocycles. The number of carbonyl (C=O) groups excluding carboxylic acids is 3. The van der Waals surface area contributed by atoms with Gasteiger partial charge in [0, 0.05) is 12.8 Å². The van der Waals surface area contributed by atoms with Gasteiger partial charge in [-0.1, -0.05) is 25.7 Å². The number of carbonyl (C=O) groups is 3. The first kappa shape index (κ1) is 17.8. The second-order valence-corrected chi connectivity index (χ2v) is 5.37. The molecule has 0 saturated heterocycles. The van der Waals surface area contributed by atoms with E-state index in [4.69, 9.17) is 4.74 Å². The lowest BCUT2D eigenvalue weighted by molar-refractivity contribution is -0.163. The lowest BCUT2D eigenvalue weighted by Gasteiger charge is -2.21. The zero-order valence-corrected chi connectivity index (χ0v) is 12.4. The van der Waals surface area contributed by atoms with Gasteiger partial charge in [-0.3, -0.25) is 9.59 Å². The Labute approximate surface area is 115 Å². The maximum Gasteiger partial charge on any atom is 0.306 e. The van der Waals surface area contributed by atoms with Crippen molar-refractivity contribution in [3.8, 4) is 0 Å². The van der Waals surface area contributed by atoms with Crippen molar-refractivity contribution in [2.45, 2.75) is 77.7 Å². The summed E-state index contributed by atoms with van der Waals surface area (Å²) in [6, 6.07) is 0. The molecule has 0 radical (unpaired) electrons. The number of ketones is 1. The van der Waals surface area contributed by atoms with E-state index in [2.05, 4.69) is 0 Å². The van der Waals surface area contributed by atoms with Gasteiger partial charge in [-0.25, -0.2) is 0 Å². The van der Waals surface area contributed by atoms with Crippen LogP contribution in [0.15, 0.2) is 0 Å². The first-order valence-corrected chi connectivity index (χ1v) is 7.06. The third-order valence-electron chi connectivity index (χ3n) is 3.17. The van der Waals surface area contributed by atoms with E-state index in [0.717, 1.165) is 44.8 Å². The largest absolute Gasteiger partial charge is 0.452 e. The minimum Gasteiger partial charge on any atom is -0.452 e. The predicted octanol–water partition coefficient (Wildman–Crippen LogP) is 3.22. The molecule has 0 amide bonds. The van der Waals surface area contributed by atoms with Crippen LogP contribution in [-0.2, 0) is 19.1 Å². The summed E-state index contributed by atoms with van der Waals surface area (Å²) in [7, 11) is 0. The zero-order chi connectivity index (χ0) is 14.7. The average Bonchev–Trinajstić information content (AvgIpc) is 2.31. The number of unbranched alkanes of at least 4 members (excludes halogenated alkanes) is 6. The highest BCUT2D eigenvalue weighted by Crippen LogP contribution is 2.14. The molecule has 0 saturated carbocycles. The van der Waals surface area contributed by atoms with Crippen molar-refractivity contribution in [1.82, 2.24) is 0 Å². The van der Waals surface area contributed by atoms with Gasteiger partial charge in [0.25, 0.3) is 0 Å². The van der Waals surface area contributed by atoms with Gasteiger partial charge in [0.15, 0.2) is 11.4 Å². The van der Waals surface area contributed by atoms with Gasteiger partial charge in [0.2, 0.25) is 0 Å². The van der Waals surface area contributed by atoms with E-state index in [1.54, 1.807) is 13.8 Å². The molecular weight excluding hydrogens is 244 g/mol. The van der Waals surface area contributed by atoms with Crippen molar-refractivity contribution >= 4 is 18.0 Å². The number of Topliss-reactive ketones (excluding diaryl/α,β-unsaturated/α-hetero) is 1. The molecule has 0 N–H and O–H groups in total. The summed E-state index contributed by atoms with van der Waals surface area (Å²) in [4.78, 5) is 32.8. The molecule has 0 aliphatic carbocycles. The van der Waals surface area contributed by atoms with Crippen LogP contribution in [0.3, 0.4) is 0 Å². The molecule has 110 valence electrons. The van der Waals surface area contributed by atoms with E-state index in [-0.39, 0.29) is 11.8 Å². The van der Waals surface area contributed by atoms with Crippen LogP contribution in [0.1, 0.15) is 72.1 Å². The number of ether oxygens (including phenoxy) is 1. The normalized spacial score (nSPS) is 11.1. The van der Waals surface area contributed by atoms with Gasteiger partial charge < -0.3 is 9.53 Å². The highest BCUT2D eigenvalue weighted by atomic mass is 16.6. The Kier molecular flexibility index (Phi) is 9.09. The van der Waals surface area contributed by atoms with Crippen LogP contribution < -0.4 is 0 Å². The lowest BCUT2D eigenvalue weighted by Crippen LogP contribution is -2.35. The molecule has 0 aromatic heterocycles. The number of hydrogen-bond acceptors (Lipinski definition) is 4. The Morgan fingerprint density at radius 2 is 1.53 bits per heavy atom. The number of esters is 1. The molecule has 0 bridgehead atoms. The Morgan fingerprint density at radius 1 is 1.00 bits per heavy atom. The summed E-state index contributed by atoms with van der Waals surface area (Å²) < 4.78 is 5.13. The number of hydrogen-bond donors (Lipinski definition) is 0. The maximum absolute atomic E-state index is 11.5. The van der Waals surface area contributed by atoms with Crippen molar-refractivity contribution in [2.75, 3.05) is 0 Å². The minimum absolute atomic E-state index is 0.143. The fourth-order valence-corrected chi connectivity index (χ4v) is 1.61. The van der Waals surface area contributed by atoms with E-state index < -0.39 is 5.60 Å². The quantitative estimate of drug-likeness (QED) is 0.328. The molecule has 0 rings (SSSR count). The zero-order valence-electron chi connectivity index (χ0n) is 12.4. The fourth-order valence-electron chi connectivity index (χ4n) is 1.61. The molecule has 0 fully saturated rings. The van der Waals surface area contributed by atoms with Crippen molar-refractivity contribution in [2.24, 2.45) is 0 Å². The van der Waals surface area contributed by atoms with Crippen molar-refractivity contribution in [3.63, 3.8) is 0 Å². The molecule has 0 spiro atoms. The van der Waals surface area contributed by atoms with E-state index >= 15 is 0 Å². The number of aldehydes is 1. The topological polar surface area (TPSA) is 60.4 Å². The summed E-state index contributed by atoms with van der Waals surface area (Å²) >= 11 is 0. The summed E-state index contributed by atoms with van der Waals surface area (Å²) in [5.41, 5.74) is -1.01. The molecule has 4 heteroatoms. The fraction of sp³-hybridized carbons (Fsp3) is 0.800. The van der Waals surface area contributed by atoms with Crippen molar-refractivity contribution < 1.29 is 19.1 Å². The van der Waals surface area contributed by atoms with E-state index in [9.17, 15) is 14.4 Å². The van der Waals surface area contributed by atoms with Crippen LogP contribution in [0.2, 0.25) is 0 Å². The average molecular weight is 270 g/mol. The SMILES string of the molecule is CC(=O)C(C)(C)OC(=O)CCCCCCCCC=O. The first-order chi connectivity index (χ1) is 8.90. The van der Waals surface area contributed by atoms with Crippen LogP contribution in [0.5, 0.6) is 0 Å². The van der Waals surface area contributed by atoms with E-state index in [1.807, 2.05) is 0 Å². The summed E-state index contributed by atoms with van der Waals surface area (Å²) in [6.45, 7) is 4.65.